The molecule has 0 aromatic carbocycles. The molecule has 0 saturated heterocycles. The Balaban J connectivity index is 2.20. The molecule has 1 heterocycles. The Kier molecular flexibility index (Phi) is 3.18. The Morgan fingerprint density at radius 2 is 2.50 bits per heavy atom. The first-order valence-corrected chi connectivity index (χ1v) is 4.80. The Morgan fingerprint density at radius 3 is 3.00 bits per heavy atom. The lowest BCUT2D eigenvalue weighted by molar-refractivity contribution is -0.138. The molecule has 1 rings (SSSR count). The first-order valence-electron chi connectivity index (χ1n) is 3.27. The number of hydrogen-bond acceptors (Lipinski definition) is 2. The molecule has 0 N–H and O–H groups in total. The molecule has 0 bridgehead atoms. The molecule has 3 heteroatoms. The molecule has 2 nitrogen and oxygen atoms in total. The number of carbonyl (C=O) groups is 1. The van der Waals surface area contributed by atoms with Crippen LogP contribution < -0.4 is 0 Å². The van der Waals surface area contributed by atoms with Crippen LogP contribution in [0.25, 0.3) is 0 Å². The van der Waals surface area contributed by atoms with E-state index in [1.807, 2.05) is 6.08 Å². The van der Waals surface area contributed by atoms with Gasteiger partial charge in [-0.3, -0.25) is 0 Å². The van der Waals surface area contributed by atoms with Gasteiger partial charge in [-0.05, 0) is 23.3 Å². The number of hydrogen-bond donors (Lipinski definition) is 0. The van der Waals surface area contributed by atoms with Crippen molar-refractivity contribution in [1.82, 2.24) is 0 Å². The fraction of sp³-hybridized carbons (Fsp3) is 0.571. The van der Waals surface area contributed by atoms with Crippen molar-refractivity contribution in [3.63, 3.8) is 0 Å². The Hall–Kier alpha value is -0.0600. The van der Waals surface area contributed by atoms with Crippen molar-refractivity contribution in [2.24, 2.45) is 0 Å². The maximum Gasteiger partial charge on any atom is 0.331 e. The highest BCUT2D eigenvalue weighted by Gasteiger charge is 2.14. The minimum Gasteiger partial charge on any atom is -0.455 e. The molecule has 0 spiro atoms. The number of ether oxygens (including phenoxy) is 1. The lowest BCUT2D eigenvalue weighted by Crippen LogP contribution is -2.07. The third-order valence-corrected chi connectivity index (χ3v) is 2.10. The van der Waals surface area contributed by atoms with Crippen molar-refractivity contribution >= 4 is 28.6 Å². The van der Waals surface area contributed by atoms with Crippen molar-refractivity contribution < 1.29 is 9.53 Å². The van der Waals surface area contributed by atoms with E-state index in [0.717, 1.165) is 17.3 Å². The molecule has 1 aliphatic rings. The van der Waals surface area contributed by atoms with E-state index < -0.39 is 0 Å². The fourth-order valence-electron chi connectivity index (χ4n) is 0.847. The molecule has 0 fully saturated rings. The number of cyclic esters (lactones) is 1. The van der Waals surface area contributed by atoms with Crippen LogP contribution in [0.15, 0.2) is 12.2 Å². The quantitative estimate of drug-likeness (QED) is 0.434. The zero-order chi connectivity index (χ0) is 7.40. The van der Waals surface area contributed by atoms with Crippen molar-refractivity contribution in [1.29, 1.82) is 0 Å². The molecule has 0 saturated carbocycles. The van der Waals surface area contributed by atoms with Gasteiger partial charge in [0.1, 0.15) is 6.10 Å². The number of esters is 1. The Bertz CT molecular complexity index is 154. The van der Waals surface area contributed by atoms with Crippen molar-refractivity contribution in [2.45, 2.75) is 18.9 Å². The first-order chi connectivity index (χ1) is 4.83. The molecule has 0 radical (unpaired) electrons. The third kappa shape index (κ3) is 2.28. The smallest absolute Gasteiger partial charge is 0.331 e. The van der Waals surface area contributed by atoms with Crippen LogP contribution >= 0.6 is 22.6 Å². The van der Waals surface area contributed by atoms with E-state index >= 15 is 0 Å². The number of rotatable bonds is 3. The van der Waals surface area contributed by atoms with Gasteiger partial charge in [0.2, 0.25) is 0 Å². The van der Waals surface area contributed by atoms with Crippen LogP contribution in [0.3, 0.4) is 0 Å². The van der Waals surface area contributed by atoms with Gasteiger partial charge in [-0.2, -0.15) is 0 Å². The normalized spacial score (nSPS) is 23.3. The van der Waals surface area contributed by atoms with Crippen LogP contribution in [-0.2, 0) is 9.53 Å². The molecular weight excluding hydrogens is 243 g/mol. The van der Waals surface area contributed by atoms with Gasteiger partial charge in [0.15, 0.2) is 0 Å². The summed E-state index contributed by atoms with van der Waals surface area (Å²) in [6.45, 7) is 0. The Morgan fingerprint density at radius 1 is 1.70 bits per heavy atom. The number of halogens is 1. The summed E-state index contributed by atoms with van der Waals surface area (Å²) in [6.07, 6.45) is 5.46. The topological polar surface area (TPSA) is 26.3 Å². The third-order valence-electron chi connectivity index (χ3n) is 1.34. The van der Waals surface area contributed by atoms with Crippen LogP contribution in [0.2, 0.25) is 0 Å². The van der Waals surface area contributed by atoms with E-state index in [9.17, 15) is 4.79 Å². The van der Waals surface area contributed by atoms with E-state index in [4.69, 9.17) is 4.74 Å². The highest BCUT2D eigenvalue weighted by molar-refractivity contribution is 14.1. The van der Waals surface area contributed by atoms with E-state index in [2.05, 4.69) is 22.6 Å². The minimum absolute atomic E-state index is 0.0577. The van der Waals surface area contributed by atoms with Gasteiger partial charge in [0, 0.05) is 6.08 Å². The predicted molar refractivity (Wildman–Crippen MR) is 47.1 cm³/mol. The monoisotopic (exact) mass is 252 g/mol. The average Bonchev–Trinajstić information content (AvgIpc) is 2.31. The molecule has 0 aliphatic carbocycles. The largest absolute Gasteiger partial charge is 0.455 e. The van der Waals surface area contributed by atoms with Crippen molar-refractivity contribution in [3.8, 4) is 0 Å². The number of alkyl halides is 1. The van der Waals surface area contributed by atoms with Crippen LogP contribution in [0.5, 0.6) is 0 Å². The minimum atomic E-state index is -0.196. The number of carbonyl (C=O) groups excluding carboxylic acids is 1. The lowest BCUT2D eigenvalue weighted by atomic mass is 10.2. The predicted octanol–water partition coefficient (Wildman–Crippen LogP) is 1.68. The summed E-state index contributed by atoms with van der Waals surface area (Å²) in [5.74, 6) is -0.196. The summed E-state index contributed by atoms with van der Waals surface area (Å²) in [7, 11) is 0. The van der Waals surface area contributed by atoms with Crippen LogP contribution in [-0.4, -0.2) is 16.5 Å². The second-order valence-corrected chi connectivity index (χ2v) is 3.24. The molecule has 0 aromatic heterocycles. The summed E-state index contributed by atoms with van der Waals surface area (Å²) in [5.41, 5.74) is 0. The molecule has 1 unspecified atom stereocenters. The highest BCUT2D eigenvalue weighted by Crippen LogP contribution is 2.11. The van der Waals surface area contributed by atoms with Crippen LogP contribution in [0.4, 0.5) is 0 Å². The standard InChI is InChI=1S/C7H9IO2/c8-5-1-2-6-3-4-7(9)10-6/h3-4,6H,1-2,5H2. The van der Waals surface area contributed by atoms with Gasteiger partial charge in [0.25, 0.3) is 0 Å². The van der Waals surface area contributed by atoms with E-state index in [1.54, 1.807) is 0 Å². The molecule has 1 atom stereocenters. The molecule has 1 aliphatic heterocycles. The molecule has 10 heavy (non-hydrogen) atoms. The lowest BCUT2D eigenvalue weighted by Gasteiger charge is -2.05. The first kappa shape index (κ1) is 8.04. The summed E-state index contributed by atoms with van der Waals surface area (Å²) in [6, 6.07) is 0. The van der Waals surface area contributed by atoms with Crippen molar-refractivity contribution in [2.75, 3.05) is 4.43 Å². The van der Waals surface area contributed by atoms with E-state index in [0.29, 0.717) is 0 Å². The van der Waals surface area contributed by atoms with Crippen molar-refractivity contribution in [3.05, 3.63) is 12.2 Å². The maximum absolute atomic E-state index is 10.5. The summed E-state index contributed by atoms with van der Waals surface area (Å²) >= 11 is 2.31. The fourth-order valence-corrected chi connectivity index (χ4v) is 1.29. The zero-order valence-corrected chi connectivity index (χ0v) is 7.71. The summed E-state index contributed by atoms with van der Waals surface area (Å²) in [4.78, 5) is 10.5. The highest BCUT2D eigenvalue weighted by atomic mass is 127. The molecule has 0 aromatic rings. The maximum atomic E-state index is 10.5. The second-order valence-electron chi connectivity index (χ2n) is 2.17. The summed E-state index contributed by atoms with van der Waals surface area (Å²) < 4.78 is 6.03. The van der Waals surface area contributed by atoms with Gasteiger partial charge in [-0.25, -0.2) is 4.79 Å². The van der Waals surface area contributed by atoms with Crippen LogP contribution in [0.1, 0.15) is 12.8 Å². The Labute approximate surface area is 73.8 Å². The van der Waals surface area contributed by atoms with Gasteiger partial charge in [0.05, 0.1) is 0 Å². The van der Waals surface area contributed by atoms with E-state index in [-0.39, 0.29) is 12.1 Å². The zero-order valence-electron chi connectivity index (χ0n) is 5.55. The van der Waals surface area contributed by atoms with Gasteiger partial charge in [-0.1, -0.05) is 22.6 Å². The van der Waals surface area contributed by atoms with Crippen LogP contribution in [0, 0.1) is 0 Å². The van der Waals surface area contributed by atoms with E-state index in [1.165, 1.54) is 6.08 Å². The second kappa shape index (κ2) is 3.95. The molecular formula is C7H9IO2. The van der Waals surface area contributed by atoms with Gasteiger partial charge in [-0.15, -0.1) is 0 Å². The molecule has 56 valence electrons. The molecule has 0 amide bonds. The summed E-state index contributed by atoms with van der Waals surface area (Å²) in [5, 5.41) is 0. The SMILES string of the molecule is O=C1C=CC(CCCI)O1. The van der Waals surface area contributed by atoms with Gasteiger partial charge < -0.3 is 4.74 Å². The van der Waals surface area contributed by atoms with Gasteiger partial charge >= 0.3 is 5.97 Å². The average molecular weight is 252 g/mol.